The van der Waals surface area contributed by atoms with E-state index in [-0.39, 0.29) is 34.6 Å². The largest absolute Gasteiger partial charge is 0.472 e. The summed E-state index contributed by atoms with van der Waals surface area (Å²) in [6.07, 6.45) is 8.26. The number of rotatable bonds is 5. The summed E-state index contributed by atoms with van der Waals surface area (Å²) in [6.45, 7) is 13.0. The second-order valence-electron chi connectivity index (χ2n) is 14.4. The molecule has 0 radical (unpaired) electrons. The van der Waals surface area contributed by atoms with Gasteiger partial charge in [-0.1, -0.05) is 76.2 Å². The summed E-state index contributed by atoms with van der Waals surface area (Å²) < 4.78 is 24.4. The average molecular weight is 588 g/mol. The smallest absolute Gasteiger partial charge is 0.339 e. The maximum absolute atomic E-state index is 13.5. The molecule has 9 atom stereocenters. The second-order valence-corrected chi connectivity index (χ2v) is 14.4. The highest BCUT2D eigenvalue weighted by molar-refractivity contribution is 6.00. The molecule has 228 valence electrons. The van der Waals surface area contributed by atoms with Gasteiger partial charge in [0.1, 0.15) is 24.4 Å². The van der Waals surface area contributed by atoms with Crippen molar-refractivity contribution in [2.75, 3.05) is 0 Å². The molecule has 3 heterocycles. The van der Waals surface area contributed by atoms with Gasteiger partial charge in [-0.3, -0.25) is 4.79 Å². The quantitative estimate of drug-likeness (QED) is 0.222. The maximum Gasteiger partial charge on any atom is 0.339 e. The summed E-state index contributed by atoms with van der Waals surface area (Å²) in [5.41, 5.74) is 0.0808. The summed E-state index contributed by atoms with van der Waals surface area (Å²) in [7, 11) is 0. The molecule has 2 aliphatic heterocycles. The van der Waals surface area contributed by atoms with Gasteiger partial charge >= 0.3 is 11.9 Å². The lowest BCUT2D eigenvalue weighted by Gasteiger charge is -2.68. The Morgan fingerprint density at radius 1 is 1.05 bits per heavy atom. The molecule has 2 saturated carbocycles. The van der Waals surface area contributed by atoms with Crippen LogP contribution in [0.3, 0.4) is 0 Å². The van der Waals surface area contributed by atoms with Crippen molar-refractivity contribution < 1.29 is 33.1 Å². The third-order valence-corrected chi connectivity index (χ3v) is 12.1. The normalized spacial score (nSPS) is 43.0. The van der Waals surface area contributed by atoms with Crippen molar-refractivity contribution >= 4 is 17.7 Å². The van der Waals surface area contributed by atoms with Crippen molar-refractivity contribution in [1.29, 1.82) is 0 Å². The molecule has 3 aliphatic carbocycles. The molecule has 0 amide bonds. The van der Waals surface area contributed by atoms with Crippen molar-refractivity contribution in [1.82, 2.24) is 0 Å². The average Bonchev–Trinajstić information content (AvgIpc) is 3.53. The van der Waals surface area contributed by atoms with E-state index in [2.05, 4.69) is 51.9 Å². The number of carbonyl (C=O) groups is 2. The van der Waals surface area contributed by atoms with Crippen molar-refractivity contribution in [3.05, 3.63) is 72.2 Å². The van der Waals surface area contributed by atoms with E-state index in [9.17, 15) is 9.59 Å². The van der Waals surface area contributed by atoms with E-state index in [1.807, 2.05) is 36.4 Å². The van der Waals surface area contributed by atoms with Crippen LogP contribution in [0.25, 0.3) is 0 Å². The predicted octanol–water partition coefficient (Wildman–Crippen LogP) is 6.56. The summed E-state index contributed by atoms with van der Waals surface area (Å²) >= 11 is 0. The Morgan fingerprint density at radius 3 is 2.51 bits per heavy atom. The van der Waals surface area contributed by atoms with Crippen LogP contribution in [0.4, 0.5) is 0 Å². The molecule has 8 nitrogen and oxygen atoms in total. The number of epoxide rings is 1. The number of hydrogen-bond acceptors (Lipinski definition) is 8. The molecule has 1 spiro atoms. The van der Waals surface area contributed by atoms with Crippen LogP contribution in [0, 0.1) is 33.5 Å². The third-order valence-electron chi connectivity index (χ3n) is 12.1. The summed E-state index contributed by atoms with van der Waals surface area (Å²) in [5.74, 6) is -0.517. The first kappa shape index (κ1) is 28.4. The molecule has 1 aromatic heterocycles. The van der Waals surface area contributed by atoms with Crippen molar-refractivity contribution in [2.24, 2.45) is 38.7 Å². The van der Waals surface area contributed by atoms with Crippen molar-refractivity contribution in [3.63, 3.8) is 0 Å². The van der Waals surface area contributed by atoms with Crippen LogP contribution in [0.5, 0.6) is 0 Å². The molecule has 8 heteroatoms. The van der Waals surface area contributed by atoms with E-state index in [4.69, 9.17) is 23.5 Å². The zero-order valence-electron chi connectivity index (χ0n) is 25.8. The first-order chi connectivity index (χ1) is 20.4. The molecule has 0 unspecified atom stereocenters. The van der Waals surface area contributed by atoms with Crippen LogP contribution in [-0.2, 0) is 35.2 Å². The van der Waals surface area contributed by atoms with Gasteiger partial charge in [0.25, 0.3) is 0 Å². The molecule has 43 heavy (non-hydrogen) atoms. The van der Waals surface area contributed by atoms with E-state index in [0.29, 0.717) is 13.0 Å². The molecule has 0 bridgehead atoms. The topological polar surface area (TPSA) is 99.9 Å². The van der Waals surface area contributed by atoms with Crippen LogP contribution < -0.4 is 0 Å². The Labute approximate surface area is 252 Å². The van der Waals surface area contributed by atoms with Gasteiger partial charge in [0.15, 0.2) is 6.10 Å². The van der Waals surface area contributed by atoms with Crippen molar-refractivity contribution in [3.8, 4) is 0 Å². The first-order valence-electron chi connectivity index (χ1n) is 15.4. The van der Waals surface area contributed by atoms with Crippen LogP contribution >= 0.6 is 0 Å². The Balaban J connectivity index is 1.30. The molecule has 7 rings (SSSR count). The van der Waals surface area contributed by atoms with Crippen LogP contribution in [0.15, 0.2) is 70.6 Å². The predicted molar refractivity (Wildman–Crippen MR) is 157 cm³/mol. The number of furan rings is 1. The minimum Gasteiger partial charge on any atom is -0.472 e. The van der Waals surface area contributed by atoms with E-state index >= 15 is 0 Å². The fourth-order valence-corrected chi connectivity index (χ4v) is 10.1. The van der Waals surface area contributed by atoms with Gasteiger partial charge in [-0.05, 0) is 54.2 Å². The number of oxime groups is 1. The van der Waals surface area contributed by atoms with E-state index in [0.717, 1.165) is 29.7 Å². The molecular weight excluding hydrogens is 546 g/mol. The van der Waals surface area contributed by atoms with Gasteiger partial charge in [0.05, 0.1) is 18.2 Å². The van der Waals surface area contributed by atoms with E-state index < -0.39 is 34.7 Å². The minimum absolute atomic E-state index is 0.0689. The highest BCUT2D eigenvalue weighted by Crippen LogP contribution is 2.79. The molecular formula is C35H41NO7. The number of nitrogens with zero attached hydrogens (tertiary/aromatic N) is 1. The zero-order valence-corrected chi connectivity index (χ0v) is 25.8. The standard InChI is InChI=1S/C35H41NO7/c1-21(37)41-27-18-25-31(2,3)26(36-40-19-22-10-8-7-9-11-22)13-15-32(25,4)24-12-16-33(5)28(23-14-17-39-20-23)42-30(38)29-35(33,43-29)34(24,27)6/h7-11,13-15,17,20,24-25,27-29H,12,16,18-19H2,1-6H3/b36-26+/t24-,25+,27-,28-,29-,32-,33+,34+,35-/m1/s1. The van der Waals surface area contributed by atoms with Gasteiger partial charge in [-0.15, -0.1) is 0 Å². The Hall–Kier alpha value is -3.39. The van der Waals surface area contributed by atoms with Crippen LogP contribution in [0.2, 0.25) is 0 Å². The number of ether oxygens (including phenoxy) is 3. The molecule has 2 aromatic rings. The fraction of sp³-hybridized carbons (Fsp3) is 0.571. The van der Waals surface area contributed by atoms with Gasteiger partial charge in [-0.2, -0.15) is 0 Å². The van der Waals surface area contributed by atoms with Gasteiger partial charge in [-0.25, -0.2) is 4.79 Å². The molecule has 5 aliphatic rings. The number of benzene rings is 1. The number of fused-ring (bicyclic) bond motifs is 3. The summed E-state index contributed by atoms with van der Waals surface area (Å²) in [4.78, 5) is 32.0. The van der Waals surface area contributed by atoms with E-state index in [1.54, 1.807) is 12.5 Å². The number of cyclic esters (lactones) is 1. The van der Waals surface area contributed by atoms with Crippen molar-refractivity contribution in [2.45, 2.75) is 91.3 Å². The minimum atomic E-state index is -0.848. The number of carbonyl (C=O) groups excluding carboxylic acids is 2. The van der Waals surface area contributed by atoms with Gasteiger partial charge in [0.2, 0.25) is 0 Å². The van der Waals surface area contributed by atoms with Gasteiger partial charge < -0.3 is 23.5 Å². The monoisotopic (exact) mass is 587 g/mol. The highest BCUT2D eigenvalue weighted by atomic mass is 16.7. The SMILES string of the molecule is CC(=O)O[C@@H]1C[C@H]2C(C)(C)/C(=N/OCc3ccccc3)C=C[C@]2(C)[C@H]2CC[C@@]3(C)[C@@H](c4ccoc4)OC(=O)[C@H]4O[C@]43[C@@]21C. The van der Waals surface area contributed by atoms with E-state index in [1.165, 1.54) is 6.92 Å². The number of esters is 2. The lowest BCUT2D eigenvalue weighted by molar-refractivity contribution is -0.249. The Morgan fingerprint density at radius 2 is 1.81 bits per heavy atom. The summed E-state index contributed by atoms with van der Waals surface area (Å²) in [5, 5.41) is 4.63. The number of hydrogen-bond donors (Lipinski definition) is 0. The summed E-state index contributed by atoms with van der Waals surface area (Å²) in [6, 6.07) is 11.9. The van der Waals surface area contributed by atoms with Gasteiger partial charge in [0, 0.05) is 28.7 Å². The second kappa shape index (κ2) is 9.31. The maximum atomic E-state index is 13.5. The lowest BCUT2D eigenvalue weighted by Crippen LogP contribution is -2.72. The van der Waals surface area contributed by atoms with Crippen LogP contribution in [0.1, 0.15) is 78.0 Å². The highest BCUT2D eigenvalue weighted by Gasteiger charge is 2.88. The number of allylic oxidation sites excluding steroid dienone is 2. The Kier molecular flexibility index (Phi) is 6.14. The molecule has 2 saturated heterocycles. The van der Waals surface area contributed by atoms with Crippen LogP contribution in [-0.4, -0.2) is 35.5 Å². The molecule has 0 N–H and O–H groups in total. The molecule has 1 aromatic carbocycles. The molecule has 4 fully saturated rings. The first-order valence-corrected chi connectivity index (χ1v) is 15.4. The third kappa shape index (κ3) is 3.68. The zero-order chi connectivity index (χ0) is 30.4. The Bertz CT molecular complexity index is 1500. The lowest BCUT2D eigenvalue weighted by atomic mass is 9.35. The fourth-order valence-electron chi connectivity index (χ4n) is 10.1.